The van der Waals surface area contributed by atoms with Crippen molar-refractivity contribution in [1.29, 1.82) is 0 Å². The Balaban J connectivity index is 2.11. The normalized spacial score (nSPS) is 31.0. The van der Waals surface area contributed by atoms with Gasteiger partial charge in [-0.15, -0.1) is 0 Å². The molecule has 0 aliphatic carbocycles. The van der Waals surface area contributed by atoms with E-state index in [2.05, 4.69) is 50.0 Å². The van der Waals surface area contributed by atoms with Crippen LogP contribution >= 0.6 is 0 Å². The standard InChI is InChI=1S/C16H30N4O/c1-10(2)8-20-15(18-9-19-20)7-14(17-6)16-11(3)12(4)21-13(16)5/h9-14,16-17H,7-8H2,1-6H3. The van der Waals surface area contributed by atoms with Crippen molar-refractivity contribution >= 4 is 0 Å². The molecule has 0 spiro atoms. The number of aromatic nitrogens is 3. The molecule has 0 saturated carbocycles. The van der Waals surface area contributed by atoms with E-state index in [1.165, 1.54) is 0 Å². The SMILES string of the molecule is CNC(Cc1ncnn1CC(C)C)C1C(C)OC(C)C1C. The highest BCUT2D eigenvalue weighted by Crippen LogP contribution is 2.35. The van der Waals surface area contributed by atoms with Gasteiger partial charge in [0, 0.05) is 24.9 Å². The summed E-state index contributed by atoms with van der Waals surface area (Å²) >= 11 is 0. The third-order valence-corrected chi connectivity index (χ3v) is 4.79. The lowest BCUT2D eigenvalue weighted by Crippen LogP contribution is -2.42. The number of nitrogens with one attached hydrogen (secondary N) is 1. The number of hydrogen-bond acceptors (Lipinski definition) is 4. The Bertz CT molecular complexity index is 445. The lowest BCUT2D eigenvalue weighted by Gasteiger charge is -2.28. The molecular formula is C16H30N4O. The van der Waals surface area contributed by atoms with E-state index in [1.807, 2.05) is 11.7 Å². The van der Waals surface area contributed by atoms with Gasteiger partial charge in [-0.3, -0.25) is 0 Å². The van der Waals surface area contributed by atoms with Crippen molar-refractivity contribution in [3.8, 4) is 0 Å². The lowest BCUT2D eigenvalue weighted by atomic mass is 9.82. The molecule has 1 N–H and O–H groups in total. The van der Waals surface area contributed by atoms with E-state index in [1.54, 1.807) is 6.33 Å². The Labute approximate surface area is 128 Å². The van der Waals surface area contributed by atoms with Gasteiger partial charge in [0.1, 0.15) is 12.2 Å². The second-order valence-electron chi connectivity index (χ2n) is 6.83. The van der Waals surface area contributed by atoms with Gasteiger partial charge >= 0.3 is 0 Å². The first-order chi connectivity index (χ1) is 9.93. The molecular weight excluding hydrogens is 264 g/mol. The molecule has 5 atom stereocenters. The molecule has 0 amide bonds. The Kier molecular flexibility index (Phi) is 5.38. The Morgan fingerprint density at radius 2 is 2.00 bits per heavy atom. The van der Waals surface area contributed by atoms with Gasteiger partial charge in [-0.25, -0.2) is 9.67 Å². The summed E-state index contributed by atoms with van der Waals surface area (Å²) in [5.41, 5.74) is 0. The number of likely N-dealkylation sites (N-methyl/N-ethyl adjacent to an activating group) is 1. The first-order valence-corrected chi connectivity index (χ1v) is 8.13. The molecule has 1 aliphatic heterocycles. The monoisotopic (exact) mass is 294 g/mol. The van der Waals surface area contributed by atoms with E-state index in [-0.39, 0.29) is 6.10 Å². The van der Waals surface area contributed by atoms with Crippen LogP contribution in [0, 0.1) is 17.8 Å². The maximum Gasteiger partial charge on any atom is 0.138 e. The van der Waals surface area contributed by atoms with Crippen LogP contribution < -0.4 is 5.32 Å². The Hall–Kier alpha value is -0.940. The molecule has 2 rings (SSSR count). The molecule has 1 aromatic heterocycles. The topological polar surface area (TPSA) is 52.0 Å². The minimum absolute atomic E-state index is 0.286. The van der Waals surface area contributed by atoms with Gasteiger partial charge in [0.15, 0.2) is 0 Å². The predicted octanol–water partition coefficient (Wildman–Crippen LogP) is 2.12. The van der Waals surface area contributed by atoms with Gasteiger partial charge in [0.25, 0.3) is 0 Å². The molecule has 5 unspecified atom stereocenters. The summed E-state index contributed by atoms with van der Waals surface area (Å²) in [6.07, 6.45) is 3.19. The largest absolute Gasteiger partial charge is 0.375 e. The molecule has 1 aromatic rings. The minimum Gasteiger partial charge on any atom is -0.375 e. The van der Waals surface area contributed by atoms with E-state index in [0.29, 0.717) is 29.9 Å². The second-order valence-corrected chi connectivity index (χ2v) is 6.83. The van der Waals surface area contributed by atoms with Gasteiger partial charge in [0.2, 0.25) is 0 Å². The van der Waals surface area contributed by atoms with Crippen LogP contribution in [0.2, 0.25) is 0 Å². The van der Waals surface area contributed by atoms with Crippen LogP contribution in [0.25, 0.3) is 0 Å². The highest BCUT2D eigenvalue weighted by molar-refractivity contribution is 4.98. The quantitative estimate of drug-likeness (QED) is 0.873. The first-order valence-electron chi connectivity index (χ1n) is 8.13. The fourth-order valence-electron chi connectivity index (χ4n) is 3.56. The van der Waals surface area contributed by atoms with Gasteiger partial charge in [-0.05, 0) is 32.7 Å². The fraction of sp³-hybridized carbons (Fsp3) is 0.875. The average Bonchev–Trinajstić information content (AvgIpc) is 2.93. The molecule has 5 nitrogen and oxygen atoms in total. The minimum atomic E-state index is 0.286. The summed E-state index contributed by atoms with van der Waals surface area (Å²) in [7, 11) is 2.04. The van der Waals surface area contributed by atoms with Crippen LogP contribution in [0.4, 0.5) is 0 Å². The molecule has 0 radical (unpaired) electrons. The Morgan fingerprint density at radius 3 is 2.52 bits per heavy atom. The summed E-state index contributed by atoms with van der Waals surface area (Å²) < 4.78 is 8.05. The zero-order chi connectivity index (χ0) is 15.6. The predicted molar refractivity (Wildman–Crippen MR) is 84.1 cm³/mol. The zero-order valence-corrected chi connectivity index (χ0v) is 14.2. The maximum absolute atomic E-state index is 6.00. The van der Waals surface area contributed by atoms with E-state index >= 15 is 0 Å². The average molecular weight is 294 g/mol. The summed E-state index contributed by atoms with van der Waals surface area (Å²) in [6.45, 7) is 12.0. The molecule has 5 heteroatoms. The summed E-state index contributed by atoms with van der Waals surface area (Å²) in [5, 5.41) is 7.85. The highest BCUT2D eigenvalue weighted by Gasteiger charge is 2.41. The van der Waals surface area contributed by atoms with Crippen LogP contribution in [-0.4, -0.2) is 40.1 Å². The number of rotatable bonds is 6. The van der Waals surface area contributed by atoms with Crippen molar-refractivity contribution in [3.63, 3.8) is 0 Å². The molecule has 120 valence electrons. The number of hydrogen-bond donors (Lipinski definition) is 1. The number of ether oxygens (including phenoxy) is 1. The van der Waals surface area contributed by atoms with Gasteiger partial charge < -0.3 is 10.1 Å². The van der Waals surface area contributed by atoms with Crippen molar-refractivity contribution in [2.45, 2.75) is 65.8 Å². The van der Waals surface area contributed by atoms with Crippen molar-refractivity contribution in [3.05, 3.63) is 12.2 Å². The summed E-state index contributed by atoms with van der Waals surface area (Å²) in [6, 6.07) is 0.370. The molecule has 21 heavy (non-hydrogen) atoms. The van der Waals surface area contributed by atoms with Gasteiger partial charge in [-0.2, -0.15) is 5.10 Å². The first kappa shape index (κ1) is 16.4. The highest BCUT2D eigenvalue weighted by atomic mass is 16.5. The van der Waals surface area contributed by atoms with Crippen LogP contribution in [0.5, 0.6) is 0 Å². The summed E-state index contributed by atoms with van der Waals surface area (Å²) in [4.78, 5) is 4.47. The fourth-order valence-corrected chi connectivity index (χ4v) is 3.56. The van der Waals surface area contributed by atoms with E-state index in [9.17, 15) is 0 Å². The van der Waals surface area contributed by atoms with Crippen LogP contribution in [0.1, 0.15) is 40.4 Å². The lowest BCUT2D eigenvalue weighted by molar-refractivity contribution is 0.0477. The smallest absolute Gasteiger partial charge is 0.138 e. The maximum atomic E-state index is 6.00. The third-order valence-electron chi connectivity index (χ3n) is 4.79. The van der Waals surface area contributed by atoms with Crippen LogP contribution in [0.3, 0.4) is 0 Å². The van der Waals surface area contributed by atoms with E-state index < -0.39 is 0 Å². The van der Waals surface area contributed by atoms with Gasteiger partial charge in [-0.1, -0.05) is 20.8 Å². The van der Waals surface area contributed by atoms with Crippen molar-refractivity contribution < 1.29 is 4.74 Å². The molecule has 1 fully saturated rings. The molecule has 1 saturated heterocycles. The van der Waals surface area contributed by atoms with Gasteiger partial charge in [0.05, 0.1) is 12.2 Å². The van der Waals surface area contributed by atoms with E-state index in [0.717, 1.165) is 18.8 Å². The summed E-state index contributed by atoms with van der Waals surface area (Å²) in [5.74, 6) is 2.71. The number of nitrogens with zero attached hydrogens (tertiary/aromatic N) is 3. The zero-order valence-electron chi connectivity index (χ0n) is 14.2. The van der Waals surface area contributed by atoms with Crippen molar-refractivity contribution in [1.82, 2.24) is 20.1 Å². The van der Waals surface area contributed by atoms with E-state index in [4.69, 9.17) is 4.74 Å². The third kappa shape index (κ3) is 3.64. The van der Waals surface area contributed by atoms with Crippen LogP contribution in [-0.2, 0) is 17.7 Å². The van der Waals surface area contributed by atoms with Crippen molar-refractivity contribution in [2.24, 2.45) is 17.8 Å². The second kappa shape index (κ2) is 6.88. The van der Waals surface area contributed by atoms with Crippen molar-refractivity contribution in [2.75, 3.05) is 7.05 Å². The molecule has 0 bridgehead atoms. The molecule has 0 aromatic carbocycles. The Morgan fingerprint density at radius 1 is 1.29 bits per heavy atom. The molecule has 2 heterocycles. The van der Waals surface area contributed by atoms with Crippen LogP contribution in [0.15, 0.2) is 6.33 Å². The molecule has 1 aliphatic rings.